The molecule has 13 heteroatoms. The number of hydrogen-bond acceptors (Lipinski definition) is 7. The number of rotatable bonds is 6. The first kappa shape index (κ1) is 23.8. The summed E-state index contributed by atoms with van der Waals surface area (Å²) in [5, 5.41) is 9.81. The van der Waals surface area contributed by atoms with Crippen LogP contribution in [0.3, 0.4) is 0 Å². The fourth-order valence-electron chi connectivity index (χ4n) is 4.43. The minimum absolute atomic E-state index is 0.0220. The minimum atomic E-state index is -4.52. The molecule has 2 saturated heterocycles. The van der Waals surface area contributed by atoms with Gasteiger partial charge in [0.2, 0.25) is 5.91 Å². The van der Waals surface area contributed by atoms with Crippen LogP contribution in [0, 0.1) is 10.8 Å². The Balaban J connectivity index is 1.49. The number of carbonyl (C=O) groups is 1. The van der Waals surface area contributed by atoms with Crippen molar-refractivity contribution < 1.29 is 26.7 Å². The van der Waals surface area contributed by atoms with Gasteiger partial charge in [-0.25, -0.2) is 23.7 Å². The highest BCUT2D eigenvalue weighted by Gasteiger charge is 2.47. The van der Waals surface area contributed by atoms with Crippen LogP contribution in [0.5, 0.6) is 0 Å². The van der Waals surface area contributed by atoms with Crippen molar-refractivity contribution in [1.82, 2.24) is 15.0 Å². The molecule has 0 unspecified atom stereocenters. The second kappa shape index (κ2) is 9.11. The highest BCUT2D eigenvalue weighted by molar-refractivity contribution is 5.96. The van der Waals surface area contributed by atoms with Crippen molar-refractivity contribution in [2.75, 3.05) is 41.3 Å². The number of amides is 1. The first-order chi connectivity index (χ1) is 16.1. The van der Waals surface area contributed by atoms with Gasteiger partial charge in [-0.05, 0) is 25.0 Å². The lowest BCUT2D eigenvalue weighted by atomic mass is 9.77. The molecule has 2 aliphatic heterocycles. The van der Waals surface area contributed by atoms with Gasteiger partial charge in [0, 0.05) is 43.9 Å². The van der Waals surface area contributed by atoms with E-state index in [0.717, 1.165) is 12.3 Å². The standard InChI is InChI=1S/C21H22F5N7O/c22-15(23)10-30-18-14(9-27)29-11-16(31-18)33-12-20(8-17(33)34)3-6-32(7-4-20)19-13(21(24,25)26)2-1-5-28-19/h1-2,5,9,11,15,27H,3-4,6-8,10,12H2,(H,30,31). The van der Waals surface area contributed by atoms with E-state index in [4.69, 9.17) is 5.41 Å². The second-order valence-corrected chi connectivity index (χ2v) is 8.39. The number of halogens is 5. The first-order valence-electron chi connectivity index (χ1n) is 10.6. The number of nitrogens with one attached hydrogen (secondary N) is 2. The van der Waals surface area contributed by atoms with Gasteiger partial charge in [-0.3, -0.25) is 9.69 Å². The highest BCUT2D eigenvalue weighted by atomic mass is 19.4. The van der Waals surface area contributed by atoms with Gasteiger partial charge in [0.15, 0.2) is 11.6 Å². The normalized spacial score (nSPS) is 18.1. The molecular formula is C21H22F5N7O. The van der Waals surface area contributed by atoms with Crippen molar-refractivity contribution in [1.29, 1.82) is 5.41 Å². The van der Waals surface area contributed by atoms with Gasteiger partial charge in [0.05, 0.1) is 18.3 Å². The second-order valence-electron chi connectivity index (χ2n) is 8.39. The summed E-state index contributed by atoms with van der Waals surface area (Å²) in [7, 11) is 0. The number of anilines is 3. The molecule has 4 rings (SSSR count). The van der Waals surface area contributed by atoms with E-state index in [1.165, 1.54) is 23.4 Å². The predicted octanol–water partition coefficient (Wildman–Crippen LogP) is 3.59. The van der Waals surface area contributed by atoms with Crippen molar-refractivity contribution in [2.24, 2.45) is 5.41 Å². The van der Waals surface area contributed by atoms with Gasteiger partial charge in [-0.1, -0.05) is 0 Å². The molecule has 8 nitrogen and oxygen atoms in total. The summed E-state index contributed by atoms with van der Waals surface area (Å²) in [4.78, 5) is 28.0. The summed E-state index contributed by atoms with van der Waals surface area (Å²) in [6.45, 7) is 0.225. The van der Waals surface area contributed by atoms with E-state index in [9.17, 15) is 26.7 Å². The summed E-state index contributed by atoms with van der Waals surface area (Å²) in [6.07, 6.45) is -2.49. The Labute approximate surface area is 191 Å². The molecule has 2 aromatic rings. The summed E-state index contributed by atoms with van der Waals surface area (Å²) >= 11 is 0. The lowest BCUT2D eigenvalue weighted by Gasteiger charge is -2.39. The number of carbonyl (C=O) groups excluding carboxylic acids is 1. The molecule has 2 aliphatic rings. The molecule has 0 atom stereocenters. The average molecular weight is 483 g/mol. The maximum absolute atomic E-state index is 13.4. The molecule has 0 bridgehead atoms. The van der Waals surface area contributed by atoms with Gasteiger partial charge < -0.3 is 15.6 Å². The summed E-state index contributed by atoms with van der Waals surface area (Å²) in [5.41, 5.74) is -1.17. The number of alkyl halides is 5. The highest BCUT2D eigenvalue weighted by Crippen LogP contribution is 2.44. The van der Waals surface area contributed by atoms with Crippen LogP contribution in [-0.4, -0.2) is 59.7 Å². The van der Waals surface area contributed by atoms with E-state index >= 15 is 0 Å². The molecule has 0 radical (unpaired) electrons. The molecule has 4 heterocycles. The third-order valence-electron chi connectivity index (χ3n) is 6.16. The third kappa shape index (κ3) is 4.77. The number of hydrogen-bond donors (Lipinski definition) is 2. The maximum Gasteiger partial charge on any atom is 0.419 e. The lowest BCUT2D eigenvalue weighted by molar-refractivity contribution is -0.137. The molecule has 2 N–H and O–H groups in total. The Morgan fingerprint density at radius 2 is 1.97 bits per heavy atom. The molecule has 1 spiro atoms. The Morgan fingerprint density at radius 1 is 1.24 bits per heavy atom. The van der Waals surface area contributed by atoms with Crippen LogP contribution in [-0.2, 0) is 11.0 Å². The molecule has 0 aliphatic carbocycles. The molecule has 182 valence electrons. The van der Waals surface area contributed by atoms with E-state index < -0.39 is 30.1 Å². The van der Waals surface area contributed by atoms with Gasteiger partial charge in [-0.2, -0.15) is 13.2 Å². The van der Waals surface area contributed by atoms with Crippen LogP contribution in [0.25, 0.3) is 0 Å². The lowest BCUT2D eigenvalue weighted by Crippen LogP contribution is -2.42. The van der Waals surface area contributed by atoms with Crippen LogP contribution in [0.15, 0.2) is 24.5 Å². The fourth-order valence-corrected chi connectivity index (χ4v) is 4.43. The van der Waals surface area contributed by atoms with Crippen molar-refractivity contribution in [2.45, 2.75) is 31.9 Å². The van der Waals surface area contributed by atoms with Crippen LogP contribution in [0.2, 0.25) is 0 Å². The zero-order chi connectivity index (χ0) is 24.5. The zero-order valence-corrected chi connectivity index (χ0v) is 17.9. The third-order valence-corrected chi connectivity index (χ3v) is 6.16. The summed E-state index contributed by atoms with van der Waals surface area (Å²) < 4.78 is 65.3. The Bertz CT molecular complexity index is 1070. The monoisotopic (exact) mass is 483 g/mol. The minimum Gasteiger partial charge on any atom is -0.362 e. The largest absolute Gasteiger partial charge is 0.419 e. The molecule has 1 amide bonds. The average Bonchev–Trinajstić information content (AvgIpc) is 3.12. The zero-order valence-electron chi connectivity index (χ0n) is 17.9. The van der Waals surface area contributed by atoms with Gasteiger partial charge >= 0.3 is 6.18 Å². The van der Waals surface area contributed by atoms with E-state index in [2.05, 4.69) is 20.3 Å². The van der Waals surface area contributed by atoms with Crippen molar-refractivity contribution in [3.05, 3.63) is 35.8 Å². The number of aromatic nitrogens is 3. The van der Waals surface area contributed by atoms with Crippen LogP contribution in [0.4, 0.5) is 39.4 Å². The number of nitrogens with zero attached hydrogens (tertiary/aromatic N) is 5. The van der Waals surface area contributed by atoms with Gasteiger partial charge in [0.1, 0.15) is 11.5 Å². The van der Waals surface area contributed by atoms with E-state index in [0.29, 0.717) is 32.5 Å². The molecule has 34 heavy (non-hydrogen) atoms. The SMILES string of the molecule is N=Cc1ncc(N2CC3(CCN(c4ncccc4C(F)(F)F)CC3)CC2=O)nc1NCC(F)F. The topological polar surface area (TPSA) is 98.1 Å². The number of piperidine rings is 1. The summed E-state index contributed by atoms with van der Waals surface area (Å²) in [5.74, 6) is -0.185. The van der Waals surface area contributed by atoms with Gasteiger partial charge in [-0.15, -0.1) is 0 Å². The van der Waals surface area contributed by atoms with Crippen LogP contribution in [0.1, 0.15) is 30.5 Å². The van der Waals surface area contributed by atoms with E-state index in [1.54, 1.807) is 4.90 Å². The Hall–Kier alpha value is -3.38. The quantitative estimate of drug-likeness (QED) is 0.482. The predicted molar refractivity (Wildman–Crippen MR) is 115 cm³/mol. The maximum atomic E-state index is 13.4. The van der Waals surface area contributed by atoms with E-state index in [1.807, 2.05) is 0 Å². The Kier molecular flexibility index (Phi) is 6.36. The molecule has 2 aromatic heterocycles. The molecule has 2 fully saturated rings. The van der Waals surface area contributed by atoms with Gasteiger partial charge in [0.25, 0.3) is 6.43 Å². The first-order valence-corrected chi connectivity index (χ1v) is 10.6. The van der Waals surface area contributed by atoms with Crippen molar-refractivity contribution in [3.63, 3.8) is 0 Å². The van der Waals surface area contributed by atoms with Crippen molar-refractivity contribution in [3.8, 4) is 0 Å². The van der Waals surface area contributed by atoms with Crippen molar-refractivity contribution >= 4 is 29.6 Å². The summed E-state index contributed by atoms with van der Waals surface area (Å²) in [6, 6.07) is 2.25. The smallest absolute Gasteiger partial charge is 0.362 e. The number of pyridine rings is 1. The van der Waals surface area contributed by atoms with E-state index in [-0.39, 0.29) is 35.5 Å². The molecule has 0 saturated carbocycles. The molecule has 0 aromatic carbocycles. The fraction of sp³-hybridized carbons (Fsp3) is 0.476. The Morgan fingerprint density at radius 3 is 2.62 bits per heavy atom. The van der Waals surface area contributed by atoms with Crippen LogP contribution < -0.4 is 15.1 Å². The van der Waals surface area contributed by atoms with Crippen LogP contribution >= 0.6 is 0 Å². The molecular weight excluding hydrogens is 461 g/mol.